The van der Waals surface area contributed by atoms with E-state index >= 15 is 0 Å². The molecule has 7 nitrogen and oxygen atoms in total. The van der Waals surface area contributed by atoms with Gasteiger partial charge in [-0.15, -0.1) is 0 Å². The van der Waals surface area contributed by atoms with Gasteiger partial charge in [0.25, 0.3) is 0 Å². The summed E-state index contributed by atoms with van der Waals surface area (Å²) >= 11 is 0. The van der Waals surface area contributed by atoms with Crippen molar-refractivity contribution in [3.8, 4) is 0 Å². The van der Waals surface area contributed by atoms with Gasteiger partial charge in [0.15, 0.2) is 5.78 Å². The van der Waals surface area contributed by atoms with Gasteiger partial charge in [-0.05, 0) is 32.9 Å². The smallest absolute Gasteiger partial charge is 0.408 e. The number of carboxylic acid groups (broad SMARTS) is 1. The Balaban J connectivity index is 2.55. The zero-order valence-corrected chi connectivity index (χ0v) is 11.5. The van der Waals surface area contributed by atoms with Crippen molar-refractivity contribution in [1.82, 2.24) is 10.3 Å². The Hall–Kier alpha value is -2.44. The lowest BCUT2D eigenvalue weighted by Crippen LogP contribution is -2.35. The normalized spacial score (nSPS) is 10.8. The number of ether oxygens (including phenoxy) is 1. The summed E-state index contributed by atoms with van der Waals surface area (Å²) in [4.78, 5) is 37.4. The van der Waals surface area contributed by atoms with E-state index in [1.54, 1.807) is 20.8 Å². The van der Waals surface area contributed by atoms with Gasteiger partial charge in [-0.1, -0.05) is 0 Å². The van der Waals surface area contributed by atoms with Crippen molar-refractivity contribution in [3.63, 3.8) is 0 Å². The van der Waals surface area contributed by atoms with E-state index in [1.165, 1.54) is 12.1 Å². The van der Waals surface area contributed by atoms with Crippen LogP contribution in [-0.4, -0.2) is 40.1 Å². The SMILES string of the molecule is CC(C)(C)OC(=O)NCC(=O)c1ccc(C(=O)O)cn1. The fourth-order valence-electron chi connectivity index (χ4n) is 1.24. The molecule has 2 N–H and O–H groups in total. The number of aromatic carboxylic acids is 1. The number of nitrogens with one attached hydrogen (secondary N) is 1. The number of carbonyl (C=O) groups is 3. The Kier molecular flexibility index (Phi) is 4.79. The largest absolute Gasteiger partial charge is 0.478 e. The summed E-state index contributed by atoms with van der Waals surface area (Å²) in [6.45, 7) is 4.86. The van der Waals surface area contributed by atoms with Gasteiger partial charge in [0, 0.05) is 6.20 Å². The fraction of sp³-hybridized carbons (Fsp3) is 0.385. The maximum absolute atomic E-state index is 11.7. The average molecular weight is 280 g/mol. The third-order valence-corrected chi connectivity index (χ3v) is 2.09. The molecule has 0 spiro atoms. The first kappa shape index (κ1) is 15.6. The molecular formula is C13H16N2O5. The minimum Gasteiger partial charge on any atom is -0.478 e. The van der Waals surface area contributed by atoms with Gasteiger partial charge >= 0.3 is 12.1 Å². The number of carbonyl (C=O) groups excluding carboxylic acids is 2. The zero-order chi connectivity index (χ0) is 15.3. The lowest BCUT2D eigenvalue weighted by atomic mass is 10.2. The maximum atomic E-state index is 11.7. The molecule has 1 heterocycles. The van der Waals surface area contributed by atoms with Crippen molar-refractivity contribution in [2.75, 3.05) is 6.54 Å². The van der Waals surface area contributed by atoms with Crippen molar-refractivity contribution in [2.24, 2.45) is 0 Å². The van der Waals surface area contributed by atoms with Gasteiger partial charge in [0.2, 0.25) is 0 Å². The molecule has 0 radical (unpaired) electrons. The second-order valence-corrected chi connectivity index (χ2v) is 5.02. The first-order valence-electron chi connectivity index (χ1n) is 5.88. The molecule has 0 unspecified atom stereocenters. The molecule has 108 valence electrons. The summed E-state index contributed by atoms with van der Waals surface area (Å²) in [5, 5.41) is 11.0. The van der Waals surface area contributed by atoms with Crippen LogP contribution >= 0.6 is 0 Å². The van der Waals surface area contributed by atoms with Crippen LogP contribution in [0.4, 0.5) is 4.79 Å². The molecule has 0 bridgehead atoms. The van der Waals surface area contributed by atoms with Crippen LogP contribution in [0.2, 0.25) is 0 Å². The van der Waals surface area contributed by atoms with E-state index in [0.29, 0.717) is 0 Å². The standard InChI is InChI=1S/C13H16N2O5/c1-13(2,3)20-12(19)15-7-10(16)9-5-4-8(6-14-9)11(17)18/h4-6H,7H2,1-3H3,(H,15,19)(H,17,18). The molecule has 1 aromatic heterocycles. The van der Waals surface area contributed by atoms with Crippen molar-refractivity contribution in [1.29, 1.82) is 0 Å². The Morgan fingerprint density at radius 1 is 1.30 bits per heavy atom. The first-order valence-corrected chi connectivity index (χ1v) is 5.88. The summed E-state index contributed by atoms with van der Waals surface area (Å²) in [5.74, 6) is -1.56. The molecule has 0 aliphatic carbocycles. The topological polar surface area (TPSA) is 106 Å². The van der Waals surface area contributed by atoms with Crippen molar-refractivity contribution in [3.05, 3.63) is 29.6 Å². The Bertz CT molecular complexity index is 517. The highest BCUT2D eigenvalue weighted by atomic mass is 16.6. The Morgan fingerprint density at radius 2 is 1.95 bits per heavy atom. The quantitative estimate of drug-likeness (QED) is 0.809. The Labute approximate surface area is 116 Å². The van der Waals surface area contributed by atoms with E-state index in [9.17, 15) is 14.4 Å². The number of nitrogens with zero attached hydrogens (tertiary/aromatic N) is 1. The van der Waals surface area contributed by atoms with E-state index < -0.39 is 23.4 Å². The summed E-state index contributed by atoms with van der Waals surface area (Å²) in [5.41, 5.74) is -0.582. The van der Waals surface area contributed by atoms with Crippen LogP contribution < -0.4 is 5.32 Å². The average Bonchev–Trinajstić information content (AvgIpc) is 2.34. The van der Waals surface area contributed by atoms with Crippen LogP contribution in [0.25, 0.3) is 0 Å². The molecule has 0 fully saturated rings. The van der Waals surface area contributed by atoms with Gasteiger partial charge in [-0.2, -0.15) is 0 Å². The van der Waals surface area contributed by atoms with E-state index in [0.717, 1.165) is 6.20 Å². The molecular weight excluding hydrogens is 264 g/mol. The first-order chi connectivity index (χ1) is 9.19. The van der Waals surface area contributed by atoms with Crippen LogP contribution in [-0.2, 0) is 4.74 Å². The fourth-order valence-corrected chi connectivity index (χ4v) is 1.24. The minimum atomic E-state index is -1.12. The highest BCUT2D eigenvalue weighted by molar-refractivity contribution is 5.98. The molecule has 0 aliphatic rings. The number of Topliss-reactive ketones (excluding diaryl/α,β-unsaturated/α-hetero) is 1. The van der Waals surface area contributed by atoms with Gasteiger partial charge in [0.1, 0.15) is 11.3 Å². The summed E-state index contributed by atoms with van der Waals surface area (Å²) < 4.78 is 4.97. The van der Waals surface area contributed by atoms with E-state index in [4.69, 9.17) is 9.84 Å². The van der Waals surface area contributed by atoms with E-state index in [-0.39, 0.29) is 17.8 Å². The molecule has 0 aliphatic heterocycles. The molecule has 1 amide bonds. The van der Waals surface area contributed by atoms with Crippen molar-refractivity contribution in [2.45, 2.75) is 26.4 Å². The predicted octanol–water partition coefficient (Wildman–Crippen LogP) is 1.49. The monoisotopic (exact) mass is 280 g/mol. The number of amides is 1. The number of aromatic nitrogens is 1. The number of hydrogen-bond donors (Lipinski definition) is 2. The molecule has 0 saturated heterocycles. The predicted molar refractivity (Wildman–Crippen MR) is 69.8 cm³/mol. The second kappa shape index (κ2) is 6.14. The van der Waals surface area contributed by atoms with Crippen LogP contribution in [0.5, 0.6) is 0 Å². The highest BCUT2D eigenvalue weighted by Crippen LogP contribution is 2.06. The van der Waals surface area contributed by atoms with Crippen molar-refractivity contribution < 1.29 is 24.2 Å². The number of alkyl carbamates (subject to hydrolysis) is 1. The number of pyridine rings is 1. The zero-order valence-electron chi connectivity index (χ0n) is 11.5. The third-order valence-electron chi connectivity index (χ3n) is 2.09. The number of carboxylic acids is 1. The number of hydrogen-bond acceptors (Lipinski definition) is 5. The number of rotatable bonds is 4. The second-order valence-electron chi connectivity index (χ2n) is 5.02. The van der Waals surface area contributed by atoms with E-state index in [1.807, 2.05) is 0 Å². The molecule has 0 saturated carbocycles. The van der Waals surface area contributed by atoms with Crippen LogP contribution in [0.3, 0.4) is 0 Å². The lowest BCUT2D eigenvalue weighted by molar-refractivity contribution is 0.0520. The van der Waals surface area contributed by atoms with Gasteiger partial charge in [-0.3, -0.25) is 9.78 Å². The van der Waals surface area contributed by atoms with Gasteiger partial charge in [0.05, 0.1) is 12.1 Å². The molecule has 0 atom stereocenters. The molecule has 1 aromatic rings. The summed E-state index contributed by atoms with van der Waals surface area (Å²) in [6.07, 6.45) is 0.385. The van der Waals surface area contributed by atoms with Crippen LogP contribution in [0.1, 0.15) is 41.6 Å². The van der Waals surface area contributed by atoms with Gasteiger partial charge in [-0.25, -0.2) is 9.59 Å². The minimum absolute atomic E-state index is 0.0124. The van der Waals surface area contributed by atoms with Crippen molar-refractivity contribution >= 4 is 17.8 Å². The summed E-state index contributed by atoms with van der Waals surface area (Å²) in [6, 6.07) is 2.57. The molecule has 20 heavy (non-hydrogen) atoms. The highest BCUT2D eigenvalue weighted by Gasteiger charge is 2.17. The maximum Gasteiger partial charge on any atom is 0.408 e. The third kappa shape index (κ3) is 5.05. The summed E-state index contributed by atoms with van der Waals surface area (Å²) in [7, 11) is 0. The Morgan fingerprint density at radius 3 is 2.40 bits per heavy atom. The van der Waals surface area contributed by atoms with Crippen LogP contribution in [0.15, 0.2) is 18.3 Å². The molecule has 1 rings (SSSR count). The van der Waals surface area contributed by atoms with Crippen LogP contribution in [0, 0.1) is 0 Å². The number of ketones is 1. The molecule has 7 heteroatoms. The molecule has 0 aromatic carbocycles. The van der Waals surface area contributed by atoms with E-state index in [2.05, 4.69) is 10.3 Å². The van der Waals surface area contributed by atoms with Gasteiger partial charge < -0.3 is 15.2 Å². The lowest BCUT2D eigenvalue weighted by Gasteiger charge is -2.19.